The van der Waals surface area contributed by atoms with Crippen LogP contribution in [0.4, 0.5) is 10.1 Å². The first-order chi connectivity index (χ1) is 15.0. The number of anilines is 1. The van der Waals surface area contributed by atoms with Crippen LogP contribution in [0.3, 0.4) is 0 Å². The number of amides is 1. The standard InChI is InChI=1S/C23H18ClFN4O2/c1-14-19(24)4-3-5-20(14)26-23(30)21-27-22(15-6-8-16(25)9-7-15)29(28-21)17-10-12-18(31-2)13-11-17/h3-13H,1-2H3,(H,26,30). The van der Waals surface area contributed by atoms with Crippen LogP contribution in [0.15, 0.2) is 66.7 Å². The zero-order valence-electron chi connectivity index (χ0n) is 16.8. The van der Waals surface area contributed by atoms with E-state index in [2.05, 4.69) is 15.4 Å². The van der Waals surface area contributed by atoms with Crippen LogP contribution >= 0.6 is 11.6 Å². The SMILES string of the molecule is COc1ccc(-n2nc(C(=O)Nc3cccc(Cl)c3C)nc2-c2ccc(F)cc2)cc1. The average molecular weight is 437 g/mol. The van der Waals surface area contributed by atoms with Crippen molar-refractivity contribution in [3.05, 3.63) is 89.0 Å². The molecule has 1 N–H and O–H groups in total. The summed E-state index contributed by atoms with van der Waals surface area (Å²) in [4.78, 5) is 17.3. The van der Waals surface area contributed by atoms with E-state index in [9.17, 15) is 9.18 Å². The topological polar surface area (TPSA) is 69.0 Å². The van der Waals surface area contributed by atoms with E-state index in [4.69, 9.17) is 16.3 Å². The van der Waals surface area contributed by atoms with Gasteiger partial charge >= 0.3 is 0 Å². The van der Waals surface area contributed by atoms with Crippen molar-refractivity contribution < 1.29 is 13.9 Å². The molecule has 0 saturated heterocycles. The highest BCUT2D eigenvalue weighted by molar-refractivity contribution is 6.31. The lowest BCUT2D eigenvalue weighted by Gasteiger charge is -2.07. The Morgan fingerprint density at radius 2 is 1.77 bits per heavy atom. The largest absolute Gasteiger partial charge is 0.497 e. The Balaban J connectivity index is 1.75. The van der Waals surface area contributed by atoms with E-state index in [1.165, 1.54) is 16.8 Å². The van der Waals surface area contributed by atoms with Crippen molar-refractivity contribution in [3.63, 3.8) is 0 Å². The lowest BCUT2D eigenvalue weighted by molar-refractivity contribution is 0.101. The Hall–Kier alpha value is -3.71. The van der Waals surface area contributed by atoms with E-state index >= 15 is 0 Å². The molecule has 0 fully saturated rings. The van der Waals surface area contributed by atoms with Crippen molar-refractivity contribution >= 4 is 23.2 Å². The zero-order chi connectivity index (χ0) is 22.0. The Labute approximate surface area is 183 Å². The third-order valence-electron chi connectivity index (χ3n) is 4.75. The maximum Gasteiger partial charge on any atom is 0.295 e. The molecule has 3 aromatic carbocycles. The first-order valence-corrected chi connectivity index (χ1v) is 9.78. The summed E-state index contributed by atoms with van der Waals surface area (Å²) in [7, 11) is 1.58. The summed E-state index contributed by atoms with van der Waals surface area (Å²) < 4.78 is 20.2. The number of carbonyl (C=O) groups excluding carboxylic acids is 1. The molecule has 8 heteroatoms. The van der Waals surface area contributed by atoms with E-state index in [0.29, 0.717) is 33.5 Å². The molecule has 0 spiro atoms. The number of hydrogen-bond donors (Lipinski definition) is 1. The summed E-state index contributed by atoms with van der Waals surface area (Å²) in [5.41, 5.74) is 2.60. The molecule has 1 heterocycles. The Morgan fingerprint density at radius 3 is 2.45 bits per heavy atom. The van der Waals surface area contributed by atoms with Crippen LogP contribution in [0.5, 0.6) is 5.75 Å². The number of hydrogen-bond acceptors (Lipinski definition) is 4. The Bertz CT molecular complexity index is 1240. The van der Waals surface area contributed by atoms with Gasteiger partial charge in [-0.1, -0.05) is 17.7 Å². The summed E-state index contributed by atoms with van der Waals surface area (Å²) in [6, 6.07) is 18.2. The van der Waals surface area contributed by atoms with Crippen molar-refractivity contribution in [1.29, 1.82) is 0 Å². The monoisotopic (exact) mass is 436 g/mol. The molecule has 0 unspecified atom stereocenters. The maximum atomic E-state index is 13.4. The highest BCUT2D eigenvalue weighted by Crippen LogP contribution is 2.25. The van der Waals surface area contributed by atoms with Crippen LogP contribution in [0, 0.1) is 12.7 Å². The second kappa shape index (κ2) is 8.57. The highest BCUT2D eigenvalue weighted by Gasteiger charge is 2.20. The summed E-state index contributed by atoms with van der Waals surface area (Å²) in [6.07, 6.45) is 0. The molecule has 0 aliphatic carbocycles. The first kappa shape index (κ1) is 20.6. The van der Waals surface area contributed by atoms with Gasteiger partial charge in [0.1, 0.15) is 11.6 Å². The molecule has 0 aliphatic rings. The second-order valence-electron chi connectivity index (χ2n) is 6.74. The minimum Gasteiger partial charge on any atom is -0.497 e. The molecule has 4 aromatic rings. The van der Waals surface area contributed by atoms with E-state index in [1.807, 2.05) is 6.92 Å². The molecule has 0 atom stereocenters. The van der Waals surface area contributed by atoms with Crippen LogP contribution in [0.1, 0.15) is 16.2 Å². The number of benzene rings is 3. The first-order valence-electron chi connectivity index (χ1n) is 9.40. The van der Waals surface area contributed by atoms with Gasteiger partial charge in [0.25, 0.3) is 5.91 Å². The average Bonchev–Trinajstić information content (AvgIpc) is 3.23. The van der Waals surface area contributed by atoms with Crippen LogP contribution < -0.4 is 10.1 Å². The van der Waals surface area contributed by atoms with Gasteiger partial charge in [-0.2, -0.15) is 0 Å². The van der Waals surface area contributed by atoms with Gasteiger partial charge < -0.3 is 10.1 Å². The third-order valence-corrected chi connectivity index (χ3v) is 5.16. The molecule has 31 heavy (non-hydrogen) atoms. The fourth-order valence-electron chi connectivity index (χ4n) is 3.02. The van der Waals surface area contributed by atoms with Crippen LogP contribution in [-0.4, -0.2) is 27.8 Å². The summed E-state index contributed by atoms with van der Waals surface area (Å²) in [6.45, 7) is 1.81. The van der Waals surface area contributed by atoms with Gasteiger partial charge in [-0.25, -0.2) is 14.1 Å². The Kier molecular flexibility index (Phi) is 5.68. The normalized spacial score (nSPS) is 10.7. The smallest absolute Gasteiger partial charge is 0.295 e. The van der Waals surface area contributed by atoms with Crippen molar-refractivity contribution in [1.82, 2.24) is 14.8 Å². The quantitative estimate of drug-likeness (QED) is 0.461. The molecular formula is C23H18ClFN4O2. The highest BCUT2D eigenvalue weighted by atomic mass is 35.5. The van der Waals surface area contributed by atoms with Crippen LogP contribution in [-0.2, 0) is 0 Å². The third kappa shape index (κ3) is 4.27. The number of nitrogens with zero attached hydrogens (tertiary/aromatic N) is 3. The molecule has 1 amide bonds. The molecule has 156 valence electrons. The minimum atomic E-state index is -0.485. The van der Waals surface area contributed by atoms with Gasteiger partial charge in [0, 0.05) is 16.3 Å². The summed E-state index contributed by atoms with van der Waals surface area (Å²) in [5.74, 6) is 0.198. The van der Waals surface area contributed by atoms with Crippen molar-refractivity contribution in [2.75, 3.05) is 12.4 Å². The Morgan fingerprint density at radius 1 is 1.06 bits per heavy atom. The molecular weight excluding hydrogens is 419 g/mol. The molecule has 0 bridgehead atoms. The number of methoxy groups -OCH3 is 1. The van der Waals surface area contributed by atoms with Crippen molar-refractivity contribution in [2.24, 2.45) is 0 Å². The maximum absolute atomic E-state index is 13.4. The number of aromatic nitrogens is 3. The fraction of sp³-hybridized carbons (Fsp3) is 0.0870. The predicted molar refractivity (Wildman–Crippen MR) is 117 cm³/mol. The van der Waals surface area contributed by atoms with Gasteiger partial charge in [0.05, 0.1) is 12.8 Å². The molecule has 6 nitrogen and oxygen atoms in total. The molecule has 0 aliphatic heterocycles. The van der Waals surface area contributed by atoms with Gasteiger partial charge in [-0.15, -0.1) is 5.10 Å². The van der Waals surface area contributed by atoms with Crippen LogP contribution in [0.2, 0.25) is 5.02 Å². The summed E-state index contributed by atoms with van der Waals surface area (Å²) >= 11 is 6.14. The molecule has 0 saturated carbocycles. The van der Waals surface area contributed by atoms with Crippen molar-refractivity contribution in [3.8, 4) is 22.8 Å². The summed E-state index contributed by atoms with van der Waals surface area (Å²) in [5, 5.41) is 7.75. The number of carbonyl (C=O) groups is 1. The van der Waals surface area contributed by atoms with E-state index in [0.717, 1.165) is 5.56 Å². The minimum absolute atomic E-state index is 0.0329. The van der Waals surface area contributed by atoms with Crippen molar-refractivity contribution in [2.45, 2.75) is 6.92 Å². The molecule has 0 radical (unpaired) electrons. The van der Waals surface area contributed by atoms with Gasteiger partial charge in [-0.05, 0) is 73.2 Å². The zero-order valence-corrected chi connectivity index (χ0v) is 17.5. The van der Waals surface area contributed by atoms with E-state index in [1.54, 1.807) is 61.7 Å². The van der Waals surface area contributed by atoms with Gasteiger partial charge in [-0.3, -0.25) is 4.79 Å². The number of halogens is 2. The lowest BCUT2D eigenvalue weighted by Crippen LogP contribution is -2.15. The number of nitrogens with one attached hydrogen (secondary N) is 1. The van der Waals surface area contributed by atoms with E-state index < -0.39 is 5.91 Å². The fourth-order valence-corrected chi connectivity index (χ4v) is 3.19. The number of ether oxygens (including phenoxy) is 1. The predicted octanol–water partition coefficient (Wildman–Crippen LogP) is 5.30. The lowest BCUT2D eigenvalue weighted by atomic mass is 10.2. The molecule has 1 aromatic heterocycles. The van der Waals surface area contributed by atoms with Gasteiger partial charge in [0.15, 0.2) is 5.82 Å². The molecule has 4 rings (SSSR count). The van der Waals surface area contributed by atoms with Gasteiger partial charge in [0.2, 0.25) is 5.82 Å². The second-order valence-corrected chi connectivity index (χ2v) is 7.15. The number of rotatable bonds is 5. The van der Waals surface area contributed by atoms with Crippen LogP contribution in [0.25, 0.3) is 17.1 Å². The van der Waals surface area contributed by atoms with E-state index in [-0.39, 0.29) is 11.6 Å².